The Hall–Kier alpha value is -1.61. The second kappa shape index (κ2) is 4.28. The fourth-order valence-electron chi connectivity index (χ4n) is 1.34. The van der Waals surface area contributed by atoms with Crippen LogP contribution in [-0.4, -0.2) is 16.1 Å². The molecule has 0 amide bonds. The van der Waals surface area contributed by atoms with Crippen molar-refractivity contribution in [2.24, 2.45) is 0 Å². The van der Waals surface area contributed by atoms with Crippen LogP contribution < -0.4 is 0 Å². The highest BCUT2D eigenvalue weighted by atomic mass is 35.5. The van der Waals surface area contributed by atoms with Gasteiger partial charge in [-0.1, -0.05) is 41.9 Å². The maximum absolute atomic E-state index is 10.5. The van der Waals surface area contributed by atoms with Gasteiger partial charge in [0.25, 0.3) is 0 Å². The second-order valence-corrected chi connectivity index (χ2v) is 3.57. The summed E-state index contributed by atoms with van der Waals surface area (Å²) in [5.74, 6) is 0. The van der Waals surface area contributed by atoms with E-state index in [1.54, 1.807) is 10.9 Å². The summed E-state index contributed by atoms with van der Waals surface area (Å²) in [6.07, 6.45) is 2.31. The Morgan fingerprint density at radius 2 is 2.07 bits per heavy atom. The lowest BCUT2D eigenvalue weighted by Gasteiger charge is -2.00. The third-order valence-electron chi connectivity index (χ3n) is 2.04. The number of halogens is 1. The average molecular weight is 221 g/mol. The molecule has 15 heavy (non-hydrogen) atoms. The molecule has 0 saturated heterocycles. The molecule has 0 aliphatic heterocycles. The van der Waals surface area contributed by atoms with Crippen molar-refractivity contribution in [2.45, 2.75) is 6.54 Å². The molecule has 0 atom stereocenters. The Kier molecular flexibility index (Phi) is 2.83. The topological polar surface area (TPSA) is 34.9 Å². The first-order valence-corrected chi connectivity index (χ1v) is 4.89. The van der Waals surface area contributed by atoms with Gasteiger partial charge in [0.2, 0.25) is 0 Å². The summed E-state index contributed by atoms with van der Waals surface area (Å²) in [5, 5.41) is 4.43. The molecule has 0 spiro atoms. The molecule has 0 fully saturated rings. The predicted molar refractivity (Wildman–Crippen MR) is 58.2 cm³/mol. The van der Waals surface area contributed by atoms with Crippen molar-refractivity contribution in [3.63, 3.8) is 0 Å². The Balaban J connectivity index is 2.21. The molecule has 0 aliphatic carbocycles. The van der Waals surface area contributed by atoms with Crippen molar-refractivity contribution in [3.05, 3.63) is 52.8 Å². The smallest absolute Gasteiger partial charge is 0.171 e. The van der Waals surface area contributed by atoms with Crippen molar-refractivity contribution in [1.29, 1.82) is 0 Å². The number of rotatable bonds is 3. The van der Waals surface area contributed by atoms with E-state index < -0.39 is 0 Å². The molecule has 2 aromatic rings. The van der Waals surface area contributed by atoms with Gasteiger partial charge in [0.1, 0.15) is 5.69 Å². The Morgan fingerprint density at radius 1 is 1.33 bits per heavy atom. The summed E-state index contributed by atoms with van der Waals surface area (Å²) in [7, 11) is 0. The number of hydrogen-bond acceptors (Lipinski definition) is 2. The van der Waals surface area contributed by atoms with E-state index in [1.807, 2.05) is 30.3 Å². The van der Waals surface area contributed by atoms with Crippen LogP contribution in [0.4, 0.5) is 0 Å². The largest absolute Gasteiger partial charge is 0.296 e. The van der Waals surface area contributed by atoms with Gasteiger partial charge in [-0.2, -0.15) is 5.10 Å². The lowest BCUT2D eigenvalue weighted by Crippen LogP contribution is -2.00. The van der Waals surface area contributed by atoms with Crippen molar-refractivity contribution < 1.29 is 4.79 Å². The van der Waals surface area contributed by atoms with E-state index in [2.05, 4.69) is 5.10 Å². The molecule has 0 bridgehead atoms. The molecule has 0 N–H and O–H groups in total. The molecule has 2 rings (SSSR count). The Labute approximate surface area is 92.3 Å². The number of aldehydes is 1. The zero-order valence-electron chi connectivity index (χ0n) is 7.93. The van der Waals surface area contributed by atoms with E-state index >= 15 is 0 Å². The van der Waals surface area contributed by atoms with Gasteiger partial charge in [-0.15, -0.1) is 0 Å². The van der Waals surface area contributed by atoms with Gasteiger partial charge in [0, 0.05) is 6.20 Å². The van der Waals surface area contributed by atoms with Crippen LogP contribution in [0.2, 0.25) is 5.02 Å². The van der Waals surface area contributed by atoms with Gasteiger partial charge in [0.15, 0.2) is 6.29 Å². The molecule has 0 saturated carbocycles. The molecule has 0 radical (unpaired) electrons. The Bertz CT molecular complexity index is 465. The minimum atomic E-state index is 0.285. The highest BCUT2D eigenvalue weighted by Crippen LogP contribution is 2.12. The first-order valence-electron chi connectivity index (χ1n) is 4.51. The highest BCUT2D eigenvalue weighted by Gasteiger charge is 2.05. The zero-order valence-corrected chi connectivity index (χ0v) is 8.69. The van der Waals surface area contributed by atoms with Gasteiger partial charge in [-0.3, -0.25) is 9.48 Å². The highest BCUT2D eigenvalue weighted by molar-refractivity contribution is 6.32. The number of benzene rings is 1. The third kappa shape index (κ3) is 2.25. The molecule has 3 nitrogen and oxygen atoms in total. The number of aromatic nitrogens is 2. The van der Waals surface area contributed by atoms with Crippen LogP contribution in [0.15, 0.2) is 36.5 Å². The van der Waals surface area contributed by atoms with E-state index in [0.717, 1.165) is 5.56 Å². The number of nitrogens with zero attached hydrogens (tertiary/aromatic N) is 2. The summed E-state index contributed by atoms with van der Waals surface area (Å²) in [4.78, 5) is 10.5. The lowest BCUT2D eigenvalue weighted by atomic mass is 10.2. The minimum absolute atomic E-state index is 0.285. The molecule has 0 unspecified atom stereocenters. The van der Waals surface area contributed by atoms with E-state index in [1.165, 1.54) is 0 Å². The van der Waals surface area contributed by atoms with Gasteiger partial charge in [-0.05, 0) is 5.56 Å². The van der Waals surface area contributed by atoms with Gasteiger partial charge in [0.05, 0.1) is 11.6 Å². The second-order valence-electron chi connectivity index (χ2n) is 3.16. The van der Waals surface area contributed by atoms with E-state index in [0.29, 0.717) is 17.9 Å². The maximum Gasteiger partial charge on any atom is 0.171 e. The minimum Gasteiger partial charge on any atom is -0.296 e. The number of carbonyl (C=O) groups excluding carboxylic acids is 1. The molecule has 1 aromatic heterocycles. The molecule has 1 aromatic carbocycles. The fraction of sp³-hybridized carbons (Fsp3) is 0.0909. The number of carbonyl (C=O) groups is 1. The van der Waals surface area contributed by atoms with Crippen molar-refractivity contribution in [2.75, 3.05) is 0 Å². The van der Waals surface area contributed by atoms with E-state index in [-0.39, 0.29) is 5.69 Å². The first-order chi connectivity index (χ1) is 7.29. The summed E-state index contributed by atoms with van der Waals surface area (Å²) in [6, 6.07) is 9.87. The molecule has 1 heterocycles. The van der Waals surface area contributed by atoms with E-state index in [9.17, 15) is 4.79 Å². The van der Waals surface area contributed by atoms with Gasteiger partial charge < -0.3 is 0 Å². The molecular formula is C11H9ClN2O. The summed E-state index contributed by atoms with van der Waals surface area (Å²) < 4.78 is 1.65. The van der Waals surface area contributed by atoms with Crippen LogP contribution in [0, 0.1) is 0 Å². The van der Waals surface area contributed by atoms with Crippen LogP contribution in [0.1, 0.15) is 16.1 Å². The average Bonchev–Trinajstić information content (AvgIpc) is 2.60. The van der Waals surface area contributed by atoms with Crippen molar-refractivity contribution in [3.8, 4) is 0 Å². The molecular weight excluding hydrogens is 212 g/mol. The maximum atomic E-state index is 10.5. The van der Waals surface area contributed by atoms with Crippen molar-refractivity contribution in [1.82, 2.24) is 9.78 Å². The van der Waals surface area contributed by atoms with Crippen molar-refractivity contribution >= 4 is 17.9 Å². The van der Waals surface area contributed by atoms with Crippen LogP contribution in [-0.2, 0) is 6.54 Å². The predicted octanol–water partition coefficient (Wildman–Crippen LogP) is 2.40. The molecule has 4 heteroatoms. The monoisotopic (exact) mass is 220 g/mol. The SMILES string of the molecule is O=Cc1nn(Cc2ccccc2)cc1Cl. The third-order valence-corrected chi connectivity index (χ3v) is 2.33. The lowest BCUT2D eigenvalue weighted by molar-refractivity contribution is 0.111. The summed E-state index contributed by atoms with van der Waals surface area (Å²) in [6.45, 7) is 0.619. The summed E-state index contributed by atoms with van der Waals surface area (Å²) >= 11 is 5.80. The quantitative estimate of drug-likeness (QED) is 0.745. The van der Waals surface area contributed by atoms with Gasteiger partial charge in [-0.25, -0.2) is 0 Å². The van der Waals surface area contributed by atoms with E-state index in [4.69, 9.17) is 11.6 Å². The Morgan fingerprint density at radius 3 is 2.67 bits per heavy atom. The van der Waals surface area contributed by atoms with Crippen LogP contribution in [0.5, 0.6) is 0 Å². The summed E-state index contributed by atoms with van der Waals surface area (Å²) in [5.41, 5.74) is 1.40. The molecule has 0 aliphatic rings. The first kappa shape index (κ1) is 9.93. The van der Waals surface area contributed by atoms with Gasteiger partial charge >= 0.3 is 0 Å². The zero-order chi connectivity index (χ0) is 10.7. The number of hydrogen-bond donors (Lipinski definition) is 0. The normalized spacial score (nSPS) is 10.2. The standard InChI is InChI=1S/C11H9ClN2O/c12-10-7-14(13-11(10)8-15)6-9-4-2-1-3-5-9/h1-5,7-8H,6H2. The molecule has 76 valence electrons. The van der Waals surface area contributed by atoms with Crippen LogP contribution >= 0.6 is 11.6 Å². The van der Waals surface area contributed by atoms with Crippen LogP contribution in [0.3, 0.4) is 0 Å². The van der Waals surface area contributed by atoms with Crippen LogP contribution in [0.25, 0.3) is 0 Å². The fourth-order valence-corrected chi connectivity index (χ4v) is 1.54.